The molecule has 0 atom stereocenters. The SMILES string of the molecule is COc1cccc(NC(=O)CN(C)C(=O)COc2ccc(Cl)cc2C)c1. The lowest BCUT2D eigenvalue weighted by Gasteiger charge is -2.18. The summed E-state index contributed by atoms with van der Waals surface area (Å²) in [4.78, 5) is 25.6. The highest BCUT2D eigenvalue weighted by molar-refractivity contribution is 6.30. The standard InChI is InChI=1S/C19H21ClN2O4/c1-13-9-14(20)7-8-17(13)26-12-19(24)22(2)11-18(23)21-15-5-4-6-16(10-15)25-3/h4-10H,11-12H2,1-3H3,(H,21,23). The molecule has 2 amide bonds. The molecule has 2 rings (SSSR count). The van der Waals surface area contributed by atoms with E-state index in [1.807, 2.05) is 6.92 Å². The first-order valence-corrected chi connectivity index (χ1v) is 8.33. The van der Waals surface area contributed by atoms with E-state index in [1.54, 1.807) is 56.6 Å². The van der Waals surface area contributed by atoms with Crippen molar-refractivity contribution in [2.45, 2.75) is 6.92 Å². The van der Waals surface area contributed by atoms with Gasteiger partial charge in [-0.1, -0.05) is 17.7 Å². The van der Waals surface area contributed by atoms with E-state index in [2.05, 4.69) is 5.32 Å². The second-order valence-electron chi connectivity index (χ2n) is 5.73. The van der Waals surface area contributed by atoms with Gasteiger partial charge in [-0.15, -0.1) is 0 Å². The molecule has 7 heteroatoms. The molecule has 0 aliphatic heterocycles. The van der Waals surface area contributed by atoms with Crippen molar-refractivity contribution in [1.29, 1.82) is 0 Å². The normalized spacial score (nSPS) is 10.2. The van der Waals surface area contributed by atoms with Crippen molar-refractivity contribution >= 4 is 29.1 Å². The summed E-state index contributed by atoms with van der Waals surface area (Å²) in [6, 6.07) is 12.2. The van der Waals surface area contributed by atoms with Crippen LogP contribution in [0.15, 0.2) is 42.5 Å². The Kier molecular flexibility index (Phi) is 6.86. The molecule has 0 aliphatic rings. The molecule has 0 fully saturated rings. The van der Waals surface area contributed by atoms with Gasteiger partial charge in [-0.2, -0.15) is 0 Å². The van der Waals surface area contributed by atoms with Gasteiger partial charge in [0.25, 0.3) is 5.91 Å². The molecule has 138 valence electrons. The van der Waals surface area contributed by atoms with Gasteiger partial charge in [0.2, 0.25) is 5.91 Å². The lowest BCUT2D eigenvalue weighted by Crippen LogP contribution is -2.37. The fourth-order valence-electron chi connectivity index (χ4n) is 2.23. The van der Waals surface area contributed by atoms with Crippen LogP contribution in [0.1, 0.15) is 5.56 Å². The van der Waals surface area contributed by atoms with E-state index >= 15 is 0 Å². The van der Waals surface area contributed by atoms with Crippen molar-refractivity contribution in [3.63, 3.8) is 0 Å². The largest absolute Gasteiger partial charge is 0.497 e. The van der Waals surface area contributed by atoms with Crippen molar-refractivity contribution in [2.24, 2.45) is 0 Å². The van der Waals surface area contributed by atoms with Crippen molar-refractivity contribution in [3.05, 3.63) is 53.1 Å². The van der Waals surface area contributed by atoms with Crippen LogP contribution in [0.3, 0.4) is 0 Å². The number of ether oxygens (including phenoxy) is 2. The van der Waals surface area contributed by atoms with Gasteiger partial charge in [0.05, 0.1) is 13.7 Å². The third-order valence-electron chi connectivity index (χ3n) is 3.65. The van der Waals surface area contributed by atoms with Gasteiger partial charge in [-0.3, -0.25) is 9.59 Å². The third kappa shape index (κ3) is 5.67. The van der Waals surface area contributed by atoms with Gasteiger partial charge in [-0.25, -0.2) is 0 Å². The van der Waals surface area contributed by atoms with E-state index in [-0.39, 0.29) is 25.0 Å². The number of carbonyl (C=O) groups excluding carboxylic acids is 2. The monoisotopic (exact) mass is 376 g/mol. The summed E-state index contributed by atoms with van der Waals surface area (Å²) in [6.45, 7) is 1.60. The Labute approximate surface area is 157 Å². The summed E-state index contributed by atoms with van der Waals surface area (Å²) < 4.78 is 10.6. The average molecular weight is 377 g/mol. The Bertz CT molecular complexity index is 795. The number of rotatable bonds is 7. The minimum absolute atomic E-state index is 0.0843. The van der Waals surface area contributed by atoms with Crippen LogP contribution in [0.2, 0.25) is 5.02 Å². The fraction of sp³-hybridized carbons (Fsp3) is 0.263. The van der Waals surface area contributed by atoms with Gasteiger partial charge >= 0.3 is 0 Å². The van der Waals surface area contributed by atoms with E-state index in [4.69, 9.17) is 21.1 Å². The molecule has 2 aromatic carbocycles. The lowest BCUT2D eigenvalue weighted by atomic mass is 10.2. The highest BCUT2D eigenvalue weighted by Gasteiger charge is 2.14. The maximum Gasteiger partial charge on any atom is 0.260 e. The van der Waals surface area contributed by atoms with E-state index in [0.29, 0.717) is 22.2 Å². The quantitative estimate of drug-likeness (QED) is 0.806. The zero-order chi connectivity index (χ0) is 19.1. The zero-order valence-electron chi connectivity index (χ0n) is 14.9. The third-order valence-corrected chi connectivity index (χ3v) is 3.88. The minimum Gasteiger partial charge on any atom is -0.497 e. The summed E-state index contributed by atoms with van der Waals surface area (Å²) in [5, 5.41) is 3.33. The van der Waals surface area contributed by atoms with Crippen LogP contribution < -0.4 is 14.8 Å². The van der Waals surface area contributed by atoms with Gasteiger partial charge in [0, 0.05) is 23.8 Å². The number of nitrogens with one attached hydrogen (secondary N) is 1. The number of halogens is 1. The molecule has 0 radical (unpaired) electrons. The highest BCUT2D eigenvalue weighted by atomic mass is 35.5. The second-order valence-corrected chi connectivity index (χ2v) is 6.16. The Morgan fingerprint density at radius 3 is 2.65 bits per heavy atom. The molecule has 2 aromatic rings. The van der Waals surface area contributed by atoms with Crippen LogP contribution in [0, 0.1) is 6.92 Å². The molecule has 6 nitrogen and oxygen atoms in total. The maximum atomic E-state index is 12.2. The van der Waals surface area contributed by atoms with Crippen LogP contribution in [0.4, 0.5) is 5.69 Å². The highest BCUT2D eigenvalue weighted by Crippen LogP contribution is 2.21. The Morgan fingerprint density at radius 1 is 1.19 bits per heavy atom. The summed E-state index contributed by atoms with van der Waals surface area (Å²) in [5.41, 5.74) is 1.44. The fourth-order valence-corrected chi connectivity index (χ4v) is 2.46. The molecular weight excluding hydrogens is 356 g/mol. The first-order valence-electron chi connectivity index (χ1n) is 7.96. The smallest absolute Gasteiger partial charge is 0.260 e. The molecule has 0 aromatic heterocycles. The average Bonchev–Trinajstić information content (AvgIpc) is 2.60. The maximum absolute atomic E-state index is 12.2. The predicted octanol–water partition coefficient (Wildman–Crippen LogP) is 3.13. The van der Waals surface area contributed by atoms with Crippen molar-refractivity contribution < 1.29 is 19.1 Å². The molecule has 0 bridgehead atoms. The van der Waals surface area contributed by atoms with Crippen molar-refractivity contribution in [1.82, 2.24) is 4.90 Å². The van der Waals surface area contributed by atoms with Gasteiger partial charge in [0.15, 0.2) is 6.61 Å². The molecule has 0 aliphatic carbocycles. The van der Waals surface area contributed by atoms with Gasteiger partial charge < -0.3 is 19.7 Å². The number of carbonyl (C=O) groups is 2. The van der Waals surface area contributed by atoms with E-state index < -0.39 is 0 Å². The first kappa shape index (κ1) is 19.6. The van der Waals surface area contributed by atoms with E-state index in [0.717, 1.165) is 5.56 Å². The molecule has 0 saturated heterocycles. The van der Waals surface area contributed by atoms with Crippen molar-refractivity contribution in [3.8, 4) is 11.5 Å². The number of likely N-dealkylation sites (N-methyl/N-ethyl adjacent to an activating group) is 1. The van der Waals surface area contributed by atoms with Crippen LogP contribution >= 0.6 is 11.6 Å². The van der Waals surface area contributed by atoms with Gasteiger partial charge in [-0.05, 0) is 42.8 Å². The molecular formula is C19H21ClN2O4. The number of hydrogen-bond acceptors (Lipinski definition) is 4. The minimum atomic E-state index is -0.309. The van der Waals surface area contributed by atoms with Crippen LogP contribution in [-0.2, 0) is 9.59 Å². The van der Waals surface area contributed by atoms with Crippen LogP contribution in [0.5, 0.6) is 11.5 Å². The number of aryl methyl sites for hydroxylation is 1. The molecule has 0 spiro atoms. The number of nitrogens with zero attached hydrogens (tertiary/aromatic N) is 1. The summed E-state index contributed by atoms with van der Waals surface area (Å²) in [5.74, 6) is 0.605. The number of benzene rings is 2. The Balaban J connectivity index is 1.84. The number of methoxy groups -OCH3 is 1. The Hall–Kier alpha value is -2.73. The number of anilines is 1. The number of amides is 2. The van der Waals surface area contributed by atoms with Crippen LogP contribution in [0.25, 0.3) is 0 Å². The predicted molar refractivity (Wildman–Crippen MR) is 101 cm³/mol. The number of hydrogen-bond donors (Lipinski definition) is 1. The zero-order valence-corrected chi connectivity index (χ0v) is 15.7. The summed E-state index contributed by atoms with van der Waals surface area (Å²) >= 11 is 5.89. The van der Waals surface area contributed by atoms with Crippen molar-refractivity contribution in [2.75, 3.05) is 32.6 Å². The first-order chi connectivity index (χ1) is 12.4. The lowest BCUT2D eigenvalue weighted by molar-refractivity contribution is -0.135. The molecule has 0 heterocycles. The topological polar surface area (TPSA) is 67.9 Å². The second kappa shape index (κ2) is 9.10. The molecule has 1 N–H and O–H groups in total. The molecule has 0 saturated carbocycles. The molecule has 0 unspecified atom stereocenters. The van der Waals surface area contributed by atoms with Crippen LogP contribution in [-0.4, -0.2) is 44.0 Å². The Morgan fingerprint density at radius 2 is 1.96 bits per heavy atom. The van der Waals surface area contributed by atoms with Gasteiger partial charge in [0.1, 0.15) is 11.5 Å². The van der Waals surface area contributed by atoms with E-state index in [9.17, 15) is 9.59 Å². The summed E-state index contributed by atoms with van der Waals surface area (Å²) in [7, 11) is 3.10. The summed E-state index contributed by atoms with van der Waals surface area (Å²) in [6.07, 6.45) is 0. The van der Waals surface area contributed by atoms with E-state index in [1.165, 1.54) is 4.90 Å². The molecule has 26 heavy (non-hydrogen) atoms.